The van der Waals surface area contributed by atoms with E-state index in [0.717, 1.165) is 0 Å². The summed E-state index contributed by atoms with van der Waals surface area (Å²) in [5.41, 5.74) is -0.0393. The molecule has 0 saturated carbocycles. The first-order valence-electron chi connectivity index (χ1n) is 6.24. The standard InChI is InChI=1S/C14H14ClNO4/c1-3-19-13-11(14(18)20-4-2)12(17)9-7-8(15)5-6-10(9)16-13/h5-7H,3-4H2,1-2H3,(H,16,17). The molecule has 0 amide bonds. The molecule has 0 unspecified atom stereocenters. The Balaban J connectivity index is 2.74. The highest BCUT2D eigenvalue weighted by molar-refractivity contribution is 6.31. The predicted octanol–water partition coefficient (Wildman–Crippen LogP) is 2.76. The molecule has 1 heterocycles. The maximum Gasteiger partial charge on any atom is 0.347 e. The van der Waals surface area contributed by atoms with Crippen molar-refractivity contribution >= 4 is 28.5 Å². The number of ether oxygens (including phenoxy) is 2. The molecule has 0 aliphatic carbocycles. The van der Waals surface area contributed by atoms with Gasteiger partial charge in [-0.25, -0.2) is 4.79 Å². The van der Waals surface area contributed by atoms with Crippen LogP contribution in [0, 0.1) is 0 Å². The number of carbonyl (C=O) groups is 1. The van der Waals surface area contributed by atoms with Crippen LogP contribution in [0.15, 0.2) is 23.0 Å². The van der Waals surface area contributed by atoms with Gasteiger partial charge in [0.15, 0.2) is 5.56 Å². The third kappa shape index (κ3) is 2.63. The number of benzene rings is 1. The van der Waals surface area contributed by atoms with Gasteiger partial charge in [0.25, 0.3) is 0 Å². The zero-order chi connectivity index (χ0) is 14.7. The highest BCUT2D eigenvalue weighted by Gasteiger charge is 2.21. The first-order chi connectivity index (χ1) is 9.58. The summed E-state index contributed by atoms with van der Waals surface area (Å²) in [6.45, 7) is 3.93. The summed E-state index contributed by atoms with van der Waals surface area (Å²) in [4.78, 5) is 27.3. The highest BCUT2D eigenvalue weighted by atomic mass is 35.5. The van der Waals surface area contributed by atoms with Gasteiger partial charge in [-0.1, -0.05) is 11.6 Å². The van der Waals surface area contributed by atoms with E-state index in [1.165, 1.54) is 6.07 Å². The number of rotatable bonds is 4. The fraction of sp³-hybridized carbons (Fsp3) is 0.286. The zero-order valence-corrected chi connectivity index (χ0v) is 11.9. The molecule has 5 nitrogen and oxygen atoms in total. The summed E-state index contributed by atoms with van der Waals surface area (Å²) < 4.78 is 10.2. The molecule has 0 bridgehead atoms. The van der Waals surface area contributed by atoms with E-state index >= 15 is 0 Å². The molecular formula is C14H14ClNO4. The molecular weight excluding hydrogens is 282 g/mol. The number of pyridine rings is 1. The fourth-order valence-corrected chi connectivity index (χ4v) is 2.05. The second-order valence-electron chi connectivity index (χ2n) is 4.00. The second kappa shape index (κ2) is 5.96. The smallest absolute Gasteiger partial charge is 0.347 e. The minimum absolute atomic E-state index is 0.116. The summed E-state index contributed by atoms with van der Waals surface area (Å²) in [5, 5.41) is 0.742. The molecule has 0 radical (unpaired) electrons. The van der Waals surface area contributed by atoms with Crippen molar-refractivity contribution < 1.29 is 14.3 Å². The monoisotopic (exact) mass is 295 g/mol. The number of aromatic amines is 1. The summed E-state index contributed by atoms with van der Waals surface area (Å²) in [6, 6.07) is 4.82. The second-order valence-corrected chi connectivity index (χ2v) is 4.44. The van der Waals surface area contributed by atoms with Crippen molar-refractivity contribution in [3.63, 3.8) is 0 Å². The van der Waals surface area contributed by atoms with Crippen LogP contribution in [-0.2, 0) is 4.74 Å². The highest BCUT2D eigenvalue weighted by Crippen LogP contribution is 2.21. The molecule has 0 fully saturated rings. The number of halogens is 1. The Labute approximate surface area is 120 Å². The zero-order valence-electron chi connectivity index (χ0n) is 11.2. The normalized spacial score (nSPS) is 10.6. The molecule has 1 N–H and O–H groups in total. The number of fused-ring (bicyclic) bond motifs is 1. The van der Waals surface area contributed by atoms with E-state index < -0.39 is 11.4 Å². The SMILES string of the molecule is CCOC(=O)c1c(OCC)[nH]c2ccc(Cl)cc2c1=O. The first kappa shape index (κ1) is 14.4. The molecule has 1 aromatic carbocycles. The van der Waals surface area contributed by atoms with Crippen LogP contribution < -0.4 is 10.2 Å². The van der Waals surface area contributed by atoms with Gasteiger partial charge in [0.2, 0.25) is 11.3 Å². The lowest BCUT2D eigenvalue weighted by Crippen LogP contribution is -2.20. The van der Waals surface area contributed by atoms with E-state index in [1.54, 1.807) is 26.0 Å². The Bertz CT molecular complexity index is 708. The van der Waals surface area contributed by atoms with E-state index in [-0.39, 0.29) is 18.1 Å². The Morgan fingerprint density at radius 2 is 2.05 bits per heavy atom. The van der Waals surface area contributed by atoms with Crippen LogP contribution in [0.5, 0.6) is 5.88 Å². The molecule has 2 rings (SSSR count). The van der Waals surface area contributed by atoms with Gasteiger partial charge in [-0.15, -0.1) is 0 Å². The minimum Gasteiger partial charge on any atom is -0.479 e. The van der Waals surface area contributed by atoms with Crippen molar-refractivity contribution in [1.29, 1.82) is 0 Å². The average Bonchev–Trinajstić information content (AvgIpc) is 2.40. The van der Waals surface area contributed by atoms with Gasteiger partial charge >= 0.3 is 5.97 Å². The maximum absolute atomic E-state index is 12.4. The number of hydrogen-bond acceptors (Lipinski definition) is 4. The van der Waals surface area contributed by atoms with Crippen LogP contribution in [0.1, 0.15) is 24.2 Å². The Kier molecular flexibility index (Phi) is 4.29. The number of nitrogens with one attached hydrogen (secondary N) is 1. The van der Waals surface area contributed by atoms with E-state index in [2.05, 4.69) is 4.98 Å². The first-order valence-corrected chi connectivity index (χ1v) is 6.61. The molecule has 0 atom stereocenters. The van der Waals surface area contributed by atoms with Crippen LogP contribution in [0.2, 0.25) is 5.02 Å². The lowest BCUT2D eigenvalue weighted by Gasteiger charge is -2.10. The van der Waals surface area contributed by atoms with Crippen molar-refractivity contribution in [3.8, 4) is 5.88 Å². The van der Waals surface area contributed by atoms with E-state index in [0.29, 0.717) is 22.5 Å². The van der Waals surface area contributed by atoms with Crippen LogP contribution in [0.4, 0.5) is 0 Å². The largest absolute Gasteiger partial charge is 0.479 e. The van der Waals surface area contributed by atoms with Crippen LogP contribution in [-0.4, -0.2) is 24.2 Å². The van der Waals surface area contributed by atoms with Gasteiger partial charge in [0, 0.05) is 10.4 Å². The van der Waals surface area contributed by atoms with Gasteiger partial charge < -0.3 is 14.5 Å². The minimum atomic E-state index is -0.709. The summed E-state index contributed by atoms with van der Waals surface area (Å²) in [7, 11) is 0. The molecule has 0 saturated heterocycles. The molecule has 0 aliphatic heterocycles. The number of carbonyl (C=O) groups excluding carboxylic acids is 1. The molecule has 2 aromatic rings. The van der Waals surface area contributed by atoms with Crippen molar-refractivity contribution in [3.05, 3.63) is 39.0 Å². The van der Waals surface area contributed by atoms with E-state index in [9.17, 15) is 9.59 Å². The molecule has 1 aromatic heterocycles. The summed E-state index contributed by atoms with van der Waals surface area (Å²) in [6.07, 6.45) is 0. The number of esters is 1. The molecule has 0 aliphatic rings. The van der Waals surface area contributed by atoms with Crippen molar-refractivity contribution in [2.24, 2.45) is 0 Å². The Morgan fingerprint density at radius 3 is 2.70 bits per heavy atom. The average molecular weight is 296 g/mol. The van der Waals surface area contributed by atoms with Gasteiger partial charge in [0.1, 0.15) is 0 Å². The van der Waals surface area contributed by atoms with Gasteiger partial charge in [-0.05, 0) is 32.0 Å². The van der Waals surface area contributed by atoms with Crippen LogP contribution in [0.25, 0.3) is 10.9 Å². The van der Waals surface area contributed by atoms with Gasteiger partial charge in [-0.2, -0.15) is 0 Å². The number of hydrogen-bond donors (Lipinski definition) is 1. The summed E-state index contributed by atoms with van der Waals surface area (Å²) in [5.74, 6) is -0.593. The summed E-state index contributed by atoms with van der Waals surface area (Å²) >= 11 is 5.88. The molecule has 6 heteroatoms. The van der Waals surface area contributed by atoms with Crippen molar-refractivity contribution in [2.75, 3.05) is 13.2 Å². The lowest BCUT2D eigenvalue weighted by molar-refractivity contribution is 0.0519. The molecule has 106 valence electrons. The third-order valence-electron chi connectivity index (χ3n) is 2.70. The predicted molar refractivity (Wildman–Crippen MR) is 76.7 cm³/mol. The Hall–Kier alpha value is -2.01. The van der Waals surface area contributed by atoms with Crippen LogP contribution >= 0.6 is 11.6 Å². The molecule has 20 heavy (non-hydrogen) atoms. The number of H-pyrrole nitrogens is 1. The van der Waals surface area contributed by atoms with E-state index in [4.69, 9.17) is 21.1 Å². The third-order valence-corrected chi connectivity index (χ3v) is 2.93. The topological polar surface area (TPSA) is 68.4 Å². The van der Waals surface area contributed by atoms with Gasteiger partial charge in [-0.3, -0.25) is 4.79 Å². The quantitative estimate of drug-likeness (QED) is 0.881. The fourth-order valence-electron chi connectivity index (χ4n) is 1.88. The lowest BCUT2D eigenvalue weighted by atomic mass is 10.1. The van der Waals surface area contributed by atoms with E-state index in [1.807, 2.05) is 0 Å². The number of aromatic nitrogens is 1. The van der Waals surface area contributed by atoms with Crippen molar-refractivity contribution in [2.45, 2.75) is 13.8 Å². The maximum atomic E-state index is 12.4. The van der Waals surface area contributed by atoms with Crippen molar-refractivity contribution in [1.82, 2.24) is 4.98 Å². The van der Waals surface area contributed by atoms with Gasteiger partial charge in [0.05, 0.1) is 18.7 Å². The Morgan fingerprint density at radius 1 is 1.30 bits per heavy atom. The molecule has 0 spiro atoms. The van der Waals surface area contributed by atoms with Crippen LogP contribution in [0.3, 0.4) is 0 Å².